The van der Waals surface area contributed by atoms with E-state index in [0.717, 1.165) is 45.8 Å². The second-order valence-corrected chi connectivity index (χ2v) is 5.13. The molecule has 0 spiro atoms. The summed E-state index contributed by atoms with van der Waals surface area (Å²) in [7, 11) is 1.71. The first-order chi connectivity index (χ1) is 9.40. The fraction of sp³-hybridized carbons (Fsp3) is 0.308. The predicted molar refractivity (Wildman–Crippen MR) is 77.7 cm³/mol. The standard InChI is InChI=1S/C13H14N4OS/c1-18-7-3-6-14-12-11-10(16-8-17-12)9-4-2-5-15-13(9)19-11/h2,4-5,8H,3,6-7H2,1H3,(H,14,16,17). The van der Waals surface area contributed by atoms with Gasteiger partial charge in [-0.1, -0.05) is 0 Å². The molecule has 3 heterocycles. The van der Waals surface area contributed by atoms with Crippen LogP contribution in [0.5, 0.6) is 0 Å². The van der Waals surface area contributed by atoms with Crippen LogP contribution in [0.25, 0.3) is 20.4 Å². The molecule has 0 saturated heterocycles. The van der Waals surface area contributed by atoms with E-state index in [-0.39, 0.29) is 0 Å². The third-order valence-electron chi connectivity index (χ3n) is 2.85. The zero-order chi connectivity index (χ0) is 13.1. The van der Waals surface area contributed by atoms with Gasteiger partial charge < -0.3 is 10.1 Å². The van der Waals surface area contributed by atoms with Crippen molar-refractivity contribution < 1.29 is 4.74 Å². The number of ether oxygens (including phenoxy) is 1. The van der Waals surface area contributed by atoms with E-state index in [1.807, 2.05) is 12.1 Å². The first kappa shape index (κ1) is 12.3. The van der Waals surface area contributed by atoms with Crippen molar-refractivity contribution in [3.8, 4) is 0 Å². The molecule has 3 rings (SSSR count). The zero-order valence-corrected chi connectivity index (χ0v) is 11.4. The Hall–Kier alpha value is -1.79. The van der Waals surface area contributed by atoms with Crippen LogP contribution in [-0.2, 0) is 4.74 Å². The molecular formula is C13H14N4OS. The van der Waals surface area contributed by atoms with E-state index < -0.39 is 0 Å². The van der Waals surface area contributed by atoms with E-state index in [4.69, 9.17) is 4.74 Å². The van der Waals surface area contributed by atoms with Gasteiger partial charge >= 0.3 is 0 Å². The number of fused-ring (bicyclic) bond motifs is 3. The molecule has 1 N–H and O–H groups in total. The summed E-state index contributed by atoms with van der Waals surface area (Å²) in [6, 6.07) is 3.98. The molecule has 0 saturated carbocycles. The van der Waals surface area contributed by atoms with Gasteiger partial charge in [0.05, 0.1) is 10.2 Å². The topological polar surface area (TPSA) is 59.9 Å². The highest BCUT2D eigenvalue weighted by molar-refractivity contribution is 7.25. The van der Waals surface area contributed by atoms with Crippen LogP contribution in [0, 0.1) is 0 Å². The summed E-state index contributed by atoms with van der Waals surface area (Å²) in [5.41, 5.74) is 0.970. The van der Waals surface area contributed by atoms with Crippen molar-refractivity contribution in [1.82, 2.24) is 15.0 Å². The highest BCUT2D eigenvalue weighted by atomic mass is 32.1. The number of nitrogens with one attached hydrogen (secondary N) is 1. The summed E-state index contributed by atoms with van der Waals surface area (Å²) in [4.78, 5) is 14.1. The van der Waals surface area contributed by atoms with E-state index >= 15 is 0 Å². The SMILES string of the molecule is COCCCNc1ncnc2c1sc1ncccc12. The normalized spacial score (nSPS) is 11.2. The minimum atomic E-state index is 0.745. The summed E-state index contributed by atoms with van der Waals surface area (Å²) >= 11 is 1.62. The van der Waals surface area contributed by atoms with Crippen LogP contribution < -0.4 is 5.32 Å². The lowest BCUT2D eigenvalue weighted by molar-refractivity contribution is 0.198. The van der Waals surface area contributed by atoms with Gasteiger partial charge in [-0.3, -0.25) is 0 Å². The molecule has 0 aromatic carbocycles. The Morgan fingerprint density at radius 1 is 1.32 bits per heavy atom. The molecule has 0 aliphatic heterocycles. The lowest BCUT2D eigenvalue weighted by Crippen LogP contribution is -2.06. The minimum Gasteiger partial charge on any atom is -0.385 e. The van der Waals surface area contributed by atoms with Crippen molar-refractivity contribution in [3.63, 3.8) is 0 Å². The van der Waals surface area contributed by atoms with Crippen molar-refractivity contribution in [2.24, 2.45) is 0 Å². The predicted octanol–water partition coefficient (Wildman–Crippen LogP) is 2.69. The molecule has 0 aliphatic rings. The molecule has 19 heavy (non-hydrogen) atoms. The van der Waals surface area contributed by atoms with Gasteiger partial charge in [0.25, 0.3) is 0 Å². The molecule has 98 valence electrons. The van der Waals surface area contributed by atoms with E-state index in [9.17, 15) is 0 Å². The number of anilines is 1. The molecule has 0 bridgehead atoms. The minimum absolute atomic E-state index is 0.745. The quantitative estimate of drug-likeness (QED) is 0.725. The molecule has 6 heteroatoms. The number of methoxy groups -OCH3 is 1. The summed E-state index contributed by atoms with van der Waals surface area (Å²) in [5.74, 6) is 0.879. The molecular weight excluding hydrogens is 260 g/mol. The molecule has 5 nitrogen and oxygen atoms in total. The maximum Gasteiger partial charge on any atom is 0.147 e. The van der Waals surface area contributed by atoms with Gasteiger partial charge in [-0.2, -0.15) is 0 Å². The van der Waals surface area contributed by atoms with E-state index in [1.165, 1.54) is 0 Å². The summed E-state index contributed by atoms with van der Waals surface area (Å²) in [5, 5.41) is 4.42. The van der Waals surface area contributed by atoms with Crippen LogP contribution >= 0.6 is 11.3 Å². The Morgan fingerprint density at radius 2 is 2.26 bits per heavy atom. The van der Waals surface area contributed by atoms with Gasteiger partial charge in [0, 0.05) is 31.8 Å². The van der Waals surface area contributed by atoms with Crippen LogP contribution in [0.2, 0.25) is 0 Å². The van der Waals surface area contributed by atoms with Crippen LogP contribution in [0.4, 0.5) is 5.82 Å². The number of hydrogen-bond acceptors (Lipinski definition) is 6. The molecule has 0 unspecified atom stereocenters. The fourth-order valence-electron chi connectivity index (χ4n) is 1.96. The average molecular weight is 274 g/mol. The van der Waals surface area contributed by atoms with E-state index in [2.05, 4.69) is 20.3 Å². The molecule has 0 atom stereocenters. The van der Waals surface area contributed by atoms with Gasteiger partial charge in [0.2, 0.25) is 0 Å². The smallest absolute Gasteiger partial charge is 0.147 e. The lowest BCUT2D eigenvalue weighted by atomic mass is 10.3. The van der Waals surface area contributed by atoms with Crippen LogP contribution in [0.1, 0.15) is 6.42 Å². The average Bonchev–Trinajstić information content (AvgIpc) is 2.83. The van der Waals surface area contributed by atoms with E-state index in [1.54, 1.807) is 31.0 Å². The number of rotatable bonds is 5. The number of hydrogen-bond donors (Lipinski definition) is 1. The van der Waals surface area contributed by atoms with E-state index in [0.29, 0.717) is 0 Å². The Labute approximate surface area is 114 Å². The molecule has 0 aliphatic carbocycles. The molecule has 0 amide bonds. The van der Waals surface area contributed by atoms with Gasteiger partial charge in [0.15, 0.2) is 0 Å². The highest BCUT2D eigenvalue weighted by Gasteiger charge is 2.10. The first-order valence-corrected chi connectivity index (χ1v) is 6.93. The third kappa shape index (κ3) is 2.36. The molecule has 0 fully saturated rings. The van der Waals surface area contributed by atoms with Crippen molar-refractivity contribution in [1.29, 1.82) is 0 Å². The zero-order valence-electron chi connectivity index (χ0n) is 10.6. The fourth-order valence-corrected chi connectivity index (χ4v) is 3.02. The number of aromatic nitrogens is 3. The molecule has 3 aromatic rings. The monoisotopic (exact) mass is 274 g/mol. The Bertz CT molecular complexity index is 697. The van der Waals surface area contributed by atoms with Crippen LogP contribution in [0.3, 0.4) is 0 Å². The van der Waals surface area contributed by atoms with Gasteiger partial charge in [-0.05, 0) is 18.6 Å². The van der Waals surface area contributed by atoms with Crippen molar-refractivity contribution in [2.75, 3.05) is 25.6 Å². The first-order valence-electron chi connectivity index (χ1n) is 6.11. The Morgan fingerprint density at radius 3 is 3.16 bits per heavy atom. The number of pyridine rings is 1. The Balaban J connectivity index is 1.96. The largest absolute Gasteiger partial charge is 0.385 e. The van der Waals surface area contributed by atoms with Gasteiger partial charge in [0.1, 0.15) is 17.0 Å². The lowest BCUT2D eigenvalue weighted by Gasteiger charge is -2.05. The number of nitrogens with zero attached hydrogens (tertiary/aromatic N) is 3. The van der Waals surface area contributed by atoms with Gasteiger partial charge in [-0.25, -0.2) is 15.0 Å². The molecule has 0 radical (unpaired) electrons. The summed E-state index contributed by atoms with van der Waals surface area (Å²) < 4.78 is 6.10. The molecule has 3 aromatic heterocycles. The maximum absolute atomic E-state index is 5.04. The third-order valence-corrected chi connectivity index (χ3v) is 3.96. The Kier molecular flexibility index (Phi) is 3.52. The van der Waals surface area contributed by atoms with Crippen LogP contribution in [-0.4, -0.2) is 35.2 Å². The maximum atomic E-state index is 5.04. The summed E-state index contributed by atoms with van der Waals surface area (Å²) in [6.07, 6.45) is 4.35. The van der Waals surface area contributed by atoms with Crippen molar-refractivity contribution in [2.45, 2.75) is 6.42 Å². The second kappa shape index (κ2) is 5.46. The summed E-state index contributed by atoms with van der Waals surface area (Å²) in [6.45, 7) is 1.58. The van der Waals surface area contributed by atoms with Gasteiger partial charge in [-0.15, -0.1) is 11.3 Å². The van der Waals surface area contributed by atoms with Crippen molar-refractivity contribution in [3.05, 3.63) is 24.7 Å². The van der Waals surface area contributed by atoms with Crippen LogP contribution in [0.15, 0.2) is 24.7 Å². The van der Waals surface area contributed by atoms with Crippen molar-refractivity contribution >= 4 is 37.6 Å². The second-order valence-electron chi connectivity index (χ2n) is 4.13. The highest BCUT2D eigenvalue weighted by Crippen LogP contribution is 2.34. The number of thiophene rings is 1.